The van der Waals surface area contributed by atoms with Crippen LogP contribution >= 0.6 is 23.2 Å². The molecule has 2 unspecified atom stereocenters. The minimum absolute atomic E-state index is 0.293. The van der Waals surface area contributed by atoms with Gasteiger partial charge in [-0.1, -0.05) is 68.9 Å². The van der Waals surface area contributed by atoms with Gasteiger partial charge in [-0.2, -0.15) is 0 Å². The van der Waals surface area contributed by atoms with Crippen LogP contribution in [0.2, 0.25) is 10.0 Å². The van der Waals surface area contributed by atoms with Gasteiger partial charge >= 0.3 is 0 Å². The molecule has 2 rings (SSSR count). The number of rotatable bonds is 4. The summed E-state index contributed by atoms with van der Waals surface area (Å²) in [6.45, 7) is 7.88. The van der Waals surface area contributed by atoms with Crippen molar-refractivity contribution in [1.82, 2.24) is 5.32 Å². The van der Waals surface area contributed by atoms with Crippen LogP contribution in [0, 0.1) is 11.3 Å². The van der Waals surface area contributed by atoms with E-state index in [4.69, 9.17) is 23.2 Å². The van der Waals surface area contributed by atoms with Gasteiger partial charge in [0.2, 0.25) is 0 Å². The maximum absolute atomic E-state index is 6.46. The highest BCUT2D eigenvalue weighted by Gasteiger charge is 2.38. The van der Waals surface area contributed by atoms with Crippen LogP contribution in [0.15, 0.2) is 18.2 Å². The molecule has 1 nitrogen and oxygen atoms in total. The Morgan fingerprint density at radius 2 is 2.05 bits per heavy atom. The van der Waals surface area contributed by atoms with Gasteiger partial charge in [0.1, 0.15) is 0 Å². The molecule has 1 N–H and O–H groups in total. The van der Waals surface area contributed by atoms with Crippen molar-refractivity contribution < 1.29 is 0 Å². The average molecular weight is 314 g/mol. The fourth-order valence-electron chi connectivity index (χ4n) is 3.59. The first-order chi connectivity index (χ1) is 9.47. The average Bonchev–Trinajstić information content (AvgIpc) is 2.40. The number of benzene rings is 1. The Kier molecular flexibility index (Phi) is 5.39. The summed E-state index contributed by atoms with van der Waals surface area (Å²) in [6, 6.07) is 6.28. The van der Waals surface area contributed by atoms with E-state index in [0.717, 1.165) is 12.1 Å². The molecule has 0 aliphatic heterocycles. The first kappa shape index (κ1) is 16.1. The summed E-state index contributed by atoms with van der Waals surface area (Å²) >= 11 is 12.7. The van der Waals surface area contributed by atoms with Crippen LogP contribution in [0.25, 0.3) is 0 Å². The molecule has 20 heavy (non-hydrogen) atoms. The Labute approximate surface area is 133 Å². The number of halogens is 2. The number of hydrogen-bond donors (Lipinski definition) is 1. The van der Waals surface area contributed by atoms with E-state index >= 15 is 0 Å². The molecule has 3 heteroatoms. The van der Waals surface area contributed by atoms with Crippen LogP contribution in [0.5, 0.6) is 0 Å². The lowest BCUT2D eigenvalue weighted by Crippen LogP contribution is -2.39. The summed E-state index contributed by atoms with van der Waals surface area (Å²) in [5, 5.41) is 5.01. The second-order valence-corrected chi connectivity index (χ2v) is 7.30. The van der Waals surface area contributed by atoms with Gasteiger partial charge < -0.3 is 5.32 Å². The van der Waals surface area contributed by atoms with Crippen LogP contribution in [0.1, 0.15) is 58.1 Å². The highest BCUT2D eigenvalue weighted by Crippen LogP contribution is 2.48. The van der Waals surface area contributed by atoms with Crippen LogP contribution < -0.4 is 5.32 Å². The Balaban J connectivity index is 2.37. The third-order valence-electron chi connectivity index (χ3n) is 4.73. The second-order valence-electron chi connectivity index (χ2n) is 6.52. The van der Waals surface area contributed by atoms with Gasteiger partial charge in [-0.15, -0.1) is 0 Å². The molecule has 1 aliphatic rings. The van der Waals surface area contributed by atoms with Gasteiger partial charge in [0.25, 0.3) is 0 Å². The largest absolute Gasteiger partial charge is 0.310 e. The van der Waals surface area contributed by atoms with Crippen LogP contribution in [0.4, 0.5) is 0 Å². The smallest absolute Gasteiger partial charge is 0.0640 e. The lowest BCUT2D eigenvalue weighted by atomic mass is 9.65. The quantitative estimate of drug-likeness (QED) is 0.734. The SMILES string of the molecule is CCNC(c1cccc(Cl)c1Cl)C1CCCCC1(C)C. The topological polar surface area (TPSA) is 12.0 Å². The zero-order valence-electron chi connectivity index (χ0n) is 12.7. The summed E-state index contributed by atoms with van der Waals surface area (Å²) in [6.07, 6.45) is 5.20. The first-order valence-electron chi connectivity index (χ1n) is 7.64. The molecule has 112 valence electrons. The van der Waals surface area contributed by atoms with Crippen molar-refractivity contribution in [3.8, 4) is 0 Å². The van der Waals surface area contributed by atoms with E-state index in [-0.39, 0.29) is 0 Å². The standard InChI is InChI=1S/C17H25Cl2N/c1-4-20-16(12-8-7-10-14(18)15(12)19)13-9-5-6-11-17(13,2)3/h7-8,10,13,16,20H,4-6,9,11H2,1-3H3. The molecular formula is C17H25Cl2N. The molecule has 2 atom stereocenters. The van der Waals surface area contributed by atoms with Gasteiger partial charge in [0.15, 0.2) is 0 Å². The maximum Gasteiger partial charge on any atom is 0.0640 e. The predicted molar refractivity (Wildman–Crippen MR) is 88.6 cm³/mol. The van der Waals surface area contributed by atoms with E-state index in [1.807, 2.05) is 12.1 Å². The molecule has 0 spiro atoms. The zero-order chi connectivity index (χ0) is 14.8. The highest BCUT2D eigenvalue weighted by atomic mass is 35.5. The summed E-state index contributed by atoms with van der Waals surface area (Å²) in [5.41, 5.74) is 1.50. The lowest BCUT2D eigenvalue weighted by Gasteiger charge is -2.44. The van der Waals surface area contributed by atoms with Crippen molar-refractivity contribution in [2.75, 3.05) is 6.54 Å². The maximum atomic E-state index is 6.46. The van der Waals surface area contributed by atoms with Gasteiger partial charge in [-0.3, -0.25) is 0 Å². The molecular weight excluding hydrogens is 289 g/mol. The van der Waals surface area contributed by atoms with Gasteiger partial charge in [-0.25, -0.2) is 0 Å². The number of nitrogens with one attached hydrogen (secondary N) is 1. The van der Waals surface area contributed by atoms with Crippen LogP contribution in [0.3, 0.4) is 0 Å². The first-order valence-corrected chi connectivity index (χ1v) is 8.40. The van der Waals surface area contributed by atoms with E-state index in [1.54, 1.807) is 0 Å². The third-order valence-corrected chi connectivity index (χ3v) is 5.57. The molecule has 0 amide bonds. The van der Waals surface area contributed by atoms with Crippen molar-refractivity contribution in [2.24, 2.45) is 11.3 Å². The molecule has 1 fully saturated rings. The fourth-order valence-corrected chi connectivity index (χ4v) is 4.01. The summed E-state index contributed by atoms with van der Waals surface area (Å²) in [7, 11) is 0. The highest BCUT2D eigenvalue weighted by molar-refractivity contribution is 6.42. The minimum atomic E-state index is 0.293. The molecule has 0 heterocycles. The summed E-state index contributed by atoms with van der Waals surface area (Å²) in [5.74, 6) is 0.604. The van der Waals surface area contributed by atoms with Crippen molar-refractivity contribution in [3.63, 3.8) is 0 Å². The van der Waals surface area contributed by atoms with Crippen molar-refractivity contribution in [3.05, 3.63) is 33.8 Å². The molecule has 0 saturated heterocycles. The predicted octanol–water partition coefficient (Wildman–Crippen LogP) is 5.86. The van der Waals surface area contributed by atoms with Gasteiger partial charge in [0, 0.05) is 6.04 Å². The van der Waals surface area contributed by atoms with E-state index in [1.165, 1.54) is 25.7 Å². The molecule has 1 aromatic carbocycles. The minimum Gasteiger partial charge on any atom is -0.310 e. The molecule has 0 radical (unpaired) electrons. The zero-order valence-corrected chi connectivity index (χ0v) is 14.2. The lowest BCUT2D eigenvalue weighted by molar-refractivity contribution is 0.0989. The molecule has 1 aromatic rings. The Morgan fingerprint density at radius 3 is 2.70 bits per heavy atom. The third kappa shape index (κ3) is 3.32. The summed E-state index contributed by atoms with van der Waals surface area (Å²) < 4.78 is 0. The van der Waals surface area contributed by atoms with Crippen LogP contribution in [-0.4, -0.2) is 6.54 Å². The summed E-state index contributed by atoms with van der Waals surface area (Å²) in [4.78, 5) is 0. The van der Waals surface area contributed by atoms with E-state index in [2.05, 4.69) is 32.2 Å². The van der Waals surface area contributed by atoms with Crippen molar-refractivity contribution >= 4 is 23.2 Å². The van der Waals surface area contributed by atoms with Crippen molar-refractivity contribution in [2.45, 2.75) is 52.5 Å². The van der Waals surface area contributed by atoms with E-state index in [9.17, 15) is 0 Å². The fraction of sp³-hybridized carbons (Fsp3) is 0.647. The van der Waals surface area contributed by atoms with Crippen molar-refractivity contribution in [1.29, 1.82) is 0 Å². The normalized spacial score (nSPS) is 23.6. The Morgan fingerprint density at radius 1 is 1.30 bits per heavy atom. The molecule has 0 aromatic heterocycles. The monoisotopic (exact) mass is 313 g/mol. The van der Waals surface area contributed by atoms with Gasteiger partial charge in [0.05, 0.1) is 10.0 Å². The van der Waals surface area contributed by atoms with E-state index in [0.29, 0.717) is 27.4 Å². The molecule has 1 aliphatic carbocycles. The van der Waals surface area contributed by atoms with Crippen LogP contribution in [-0.2, 0) is 0 Å². The van der Waals surface area contributed by atoms with E-state index < -0.39 is 0 Å². The van der Waals surface area contributed by atoms with Gasteiger partial charge in [-0.05, 0) is 42.3 Å². The number of hydrogen-bond acceptors (Lipinski definition) is 1. The Bertz CT molecular complexity index is 456. The Hall–Kier alpha value is -0.240. The molecule has 0 bridgehead atoms. The second kappa shape index (κ2) is 6.68. The molecule has 1 saturated carbocycles.